The van der Waals surface area contributed by atoms with Gasteiger partial charge in [-0.15, -0.1) is 0 Å². The second-order valence-electron chi connectivity index (χ2n) is 9.54. The van der Waals surface area contributed by atoms with Gasteiger partial charge in [-0.2, -0.15) is 0 Å². The van der Waals surface area contributed by atoms with Gasteiger partial charge < -0.3 is 18.9 Å². The normalized spacial score (nSPS) is 11.8. The number of hydrogen-bond donors (Lipinski definition) is 0. The van der Waals surface area contributed by atoms with Gasteiger partial charge in [0, 0.05) is 6.61 Å². The minimum absolute atomic E-state index is 0.326. The fraction of sp³-hybridized carbons (Fsp3) is 0.438. The van der Waals surface area contributed by atoms with E-state index in [9.17, 15) is 9.59 Å². The molecule has 0 radical (unpaired) electrons. The van der Waals surface area contributed by atoms with Gasteiger partial charge in [-0.05, 0) is 79.6 Å². The molecule has 204 valence electrons. The molecule has 0 N–H and O–H groups in total. The first-order valence-corrected chi connectivity index (χ1v) is 13.8. The van der Waals surface area contributed by atoms with Crippen LogP contribution in [0.25, 0.3) is 10.8 Å². The Bertz CT molecular complexity index is 1150. The molecule has 6 nitrogen and oxygen atoms in total. The maximum absolute atomic E-state index is 12.7. The molecule has 0 aliphatic rings. The number of carbonyl (C=O) groups is 2. The van der Waals surface area contributed by atoms with Crippen molar-refractivity contribution >= 4 is 22.7 Å². The summed E-state index contributed by atoms with van der Waals surface area (Å²) in [6, 6.07) is 17.7. The first-order valence-electron chi connectivity index (χ1n) is 13.8. The summed E-state index contributed by atoms with van der Waals surface area (Å²) in [4.78, 5) is 24.9. The standard InChI is InChI=1S/C32H40O6/c1-4-6-7-8-9-10-11-20-36-28-16-12-25(13-17-28)32(34)38-30-19-15-26-21-29(18-14-27(26)22-30)37-31(33)24(3)23-35-5-2/h12-19,21-22,24H,4-11,20,23H2,1-3H3/t24-/m1/s1. The maximum Gasteiger partial charge on any atom is 0.343 e. The Morgan fingerprint density at radius 3 is 1.92 bits per heavy atom. The number of unbranched alkanes of at least 4 members (excludes halogenated alkanes) is 6. The van der Waals surface area contributed by atoms with Crippen molar-refractivity contribution in [2.45, 2.75) is 65.7 Å². The summed E-state index contributed by atoms with van der Waals surface area (Å²) < 4.78 is 22.2. The Hall–Kier alpha value is -3.38. The summed E-state index contributed by atoms with van der Waals surface area (Å²) in [5.41, 5.74) is 0.455. The van der Waals surface area contributed by atoms with Crippen molar-refractivity contribution in [1.29, 1.82) is 0 Å². The molecule has 0 aliphatic carbocycles. The predicted octanol–water partition coefficient (Wildman–Crippen LogP) is 7.77. The van der Waals surface area contributed by atoms with E-state index in [-0.39, 0.29) is 11.9 Å². The van der Waals surface area contributed by atoms with Crippen LogP contribution in [0.5, 0.6) is 17.2 Å². The molecule has 0 aliphatic heterocycles. The van der Waals surface area contributed by atoms with E-state index >= 15 is 0 Å². The number of fused-ring (bicyclic) bond motifs is 1. The third-order valence-corrected chi connectivity index (χ3v) is 6.29. The lowest BCUT2D eigenvalue weighted by Gasteiger charge is -2.12. The Labute approximate surface area is 226 Å². The fourth-order valence-corrected chi connectivity index (χ4v) is 4.01. The third-order valence-electron chi connectivity index (χ3n) is 6.29. The van der Waals surface area contributed by atoms with Gasteiger partial charge in [-0.25, -0.2) is 4.79 Å². The Balaban J connectivity index is 1.48. The zero-order valence-electron chi connectivity index (χ0n) is 22.9. The van der Waals surface area contributed by atoms with E-state index in [0.717, 1.165) is 22.9 Å². The number of hydrogen-bond acceptors (Lipinski definition) is 6. The number of ether oxygens (including phenoxy) is 4. The van der Waals surface area contributed by atoms with Crippen LogP contribution in [0.15, 0.2) is 60.7 Å². The van der Waals surface area contributed by atoms with E-state index in [2.05, 4.69) is 6.92 Å². The van der Waals surface area contributed by atoms with Gasteiger partial charge in [0.1, 0.15) is 17.2 Å². The van der Waals surface area contributed by atoms with Crippen molar-refractivity contribution in [2.75, 3.05) is 19.8 Å². The Morgan fingerprint density at radius 2 is 1.29 bits per heavy atom. The van der Waals surface area contributed by atoms with Crippen molar-refractivity contribution in [2.24, 2.45) is 5.92 Å². The minimum atomic E-state index is -0.434. The number of carbonyl (C=O) groups excluding carboxylic acids is 2. The van der Waals surface area contributed by atoms with Crippen LogP contribution in [0.3, 0.4) is 0 Å². The van der Waals surface area contributed by atoms with Crippen molar-refractivity contribution in [3.63, 3.8) is 0 Å². The summed E-state index contributed by atoms with van der Waals surface area (Å²) in [7, 11) is 0. The van der Waals surface area contributed by atoms with E-state index in [0.29, 0.717) is 36.9 Å². The molecule has 0 unspecified atom stereocenters. The highest BCUT2D eigenvalue weighted by Gasteiger charge is 2.16. The van der Waals surface area contributed by atoms with Crippen LogP contribution in [0.1, 0.15) is 76.1 Å². The highest BCUT2D eigenvalue weighted by atomic mass is 16.5. The van der Waals surface area contributed by atoms with E-state index in [1.807, 2.05) is 19.1 Å². The highest BCUT2D eigenvalue weighted by Crippen LogP contribution is 2.26. The van der Waals surface area contributed by atoms with Crippen LogP contribution in [-0.2, 0) is 9.53 Å². The van der Waals surface area contributed by atoms with Gasteiger partial charge in [0.25, 0.3) is 0 Å². The van der Waals surface area contributed by atoms with Gasteiger partial charge >= 0.3 is 11.9 Å². The van der Waals surface area contributed by atoms with Gasteiger partial charge in [-0.3, -0.25) is 4.79 Å². The average molecular weight is 521 g/mol. The topological polar surface area (TPSA) is 71.1 Å². The number of esters is 2. The summed E-state index contributed by atoms with van der Waals surface area (Å²) >= 11 is 0. The summed E-state index contributed by atoms with van der Waals surface area (Å²) in [5, 5.41) is 1.74. The highest BCUT2D eigenvalue weighted by molar-refractivity contribution is 5.92. The molecule has 0 fully saturated rings. The average Bonchev–Trinajstić information content (AvgIpc) is 2.93. The number of rotatable bonds is 16. The lowest BCUT2D eigenvalue weighted by Crippen LogP contribution is -2.22. The molecule has 0 aromatic heterocycles. The molecular formula is C32H40O6. The zero-order valence-corrected chi connectivity index (χ0v) is 22.9. The molecule has 0 heterocycles. The van der Waals surface area contributed by atoms with Crippen molar-refractivity contribution < 1.29 is 28.5 Å². The molecule has 0 amide bonds. The van der Waals surface area contributed by atoms with Crippen LogP contribution < -0.4 is 14.2 Å². The summed E-state index contributed by atoms with van der Waals surface area (Å²) in [5.74, 6) is 0.538. The summed E-state index contributed by atoms with van der Waals surface area (Å²) in [6.45, 7) is 7.45. The maximum atomic E-state index is 12.7. The first kappa shape index (κ1) is 29.2. The first-order chi connectivity index (χ1) is 18.5. The van der Waals surface area contributed by atoms with Gasteiger partial charge in [0.05, 0.1) is 24.7 Å². The molecular weight excluding hydrogens is 480 g/mol. The largest absolute Gasteiger partial charge is 0.494 e. The Morgan fingerprint density at radius 1 is 0.711 bits per heavy atom. The van der Waals surface area contributed by atoms with Crippen LogP contribution >= 0.6 is 0 Å². The lowest BCUT2D eigenvalue weighted by atomic mass is 10.1. The number of benzene rings is 3. The van der Waals surface area contributed by atoms with Crippen LogP contribution in [-0.4, -0.2) is 31.8 Å². The molecule has 3 rings (SSSR count). The van der Waals surface area contributed by atoms with E-state index in [1.54, 1.807) is 55.5 Å². The Kier molecular flexibility index (Phi) is 12.1. The molecule has 3 aromatic carbocycles. The molecule has 38 heavy (non-hydrogen) atoms. The van der Waals surface area contributed by atoms with Crippen LogP contribution in [0.2, 0.25) is 0 Å². The molecule has 0 saturated carbocycles. The van der Waals surface area contributed by atoms with E-state index < -0.39 is 5.97 Å². The summed E-state index contributed by atoms with van der Waals surface area (Å²) in [6.07, 6.45) is 8.68. The van der Waals surface area contributed by atoms with Gasteiger partial charge in [-0.1, -0.05) is 57.6 Å². The minimum Gasteiger partial charge on any atom is -0.494 e. The molecule has 0 bridgehead atoms. The van der Waals surface area contributed by atoms with Crippen LogP contribution in [0.4, 0.5) is 0 Å². The molecule has 0 spiro atoms. The van der Waals surface area contributed by atoms with Crippen LogP contribution in [0, 0.1) is 5.92 Å². The molecule has 0 saturated heterocycles. The van der Waals surface area contributed by atoms with Crippen molar-refractivity contribution in [3.8, 4) is 17.2 Å². The fourth-order valence-electron chi connectivity index (χ4n) is 4.01. The van der Waals surface area contributed by atoms with Crippen molar-refractivity contribution in [3.05, 3.63) is 66.2 Å². The van der Waals surface area contributed by atoms with E-state index in [4.69, 9.17) is 18.9 Å². The monoisotopic (exact) mass is 520 g/mol. The SMILES string of the molecule is CCCCCCCCCOc1ccc(C(=O)Oc2ccc3cc(OC(=O)[C@H](C)COCC)ccc3c2)cc1. The molecule has 1 atom stereocenters. The second kappa shape index (κ2) is 15.8. The molecule has 3 aromatic rings. The quantitative estimate of drug-likeness (QED) is 0.109. The smallest absolute Gasteiger partial charge is 0.343 e. The second-order valence-corrected chi connectivity index (χ2v) is 9.54. The predicted molar refractivity (Wildman–Crippen MR) is 150 cm³/mol. The third kappa shape index (κ3) is 9.49. The van der Waals surface area contributed by atoms with E-state index in [1.165, 1.54) is 38.5 Å². The van der Waals surface area contributed by atoms with Crippen molar-refractivity contribution in [1.82, 2.24) is 0 Å². The lowest BCUT2D eigenvalue weighted by molar-refractivity contribution is -0.140. The molecule has 6 heteroatoms. The van der Waals surface area contributed by atoms with Gasteiger partial charge in [0.2, 0.25) is 0 Å². The zero-order chi connectivity index (χ0) is 27.2. The van der Waals surface area contributed by atoms with Gasteiger partial charge in [0.15, 0.2) is 0 Å².